The minimum absolute atomic E-state index is 0.0617. The molecule has 1 fully saturated rings. The number of carbonyl (C=O) groups is 1. The lowest BCUT2D eigenvalue weighted by atomic mass is 10.2. The molecule has 1 aliphatic heterocycles. The van der Waals surface area contributed by atoms with E-state index in [0.717, 1.165) is 6.08 Å². The standard InChI is InChI=1S/C15H19NO8S2/c1-23-12-7-10(3-4-14(17)18)8-13(15(12)24-2)26(21,22)16-11-5-6-25(19,20)9-11/h3-4,7-8,11,16H,5-6,9H2,1-2H3,(H,17,18)/b4-3-/t11-/m1/s1. The predicted octanol–water partition coefficient (Wildman–Crippen LogP) is 0.267. The van der Waals surface area contributed by atoms with E-state index in [1.807, 2.05) is 0 Å². The zero-order valence-corrected chi connectivity index (χ0v) is 15.8. The fraction of sp³-hybridized carbons (Fsp3) is 0.400. The number of hydrogen-bond donors (Lipinski definition) is 2. The summed E-state index contributed by atoms with van der Waals surface area (Å²) in [5.74, 6) is -1.52. The van der Waals surface area contributed by atoms with Gasteiger partial charge in [-0.25, -0.2) is 26.4 Å². The fourth-order valence-electron chi connectivity index (χ4n) is 2.58. The van der Waals surface area contributed by atoms with Crippen LogP contribution in [0.1, 0.15) is 12.0 Å². The number of ether oxygens (including phenoxy) is 2. The van der Waals surface area contributed by atoms with Crippen LogP contribution >= 0.6 is 0 Å². The van der Waals surface area contributed by atoms with Crippen LogP contribution < -0.4 is 14.2 Å². The van der Waals surface area contributed by atoms with Crippen molar-refractivity contribution in [2.75, 3.05) is 25.7 Å². The van der Waals surface area contributed by atoms with Crippen LogP contribution in [0.4, 0.5) is 0 Å². The molecule has 0 amide bonds. The van der Waals surface area contributed by atoms with Crippen molar-refractivity contribution in [1.29, 1.82) is 0 Å². The van der Waals surface area contributed by atoms with Crippen molar-refractivity contribution in [2.24, 2.45) is 0 Å². The van der Waals surface area contributed by atoms with E-state index in [0.29, 0.717) is 0 Å². The quantitative estimate of drug-likeness (QED) is 0.617. The lowest BCUT2D eigenvalue weighted by Gasteiger charge is -2.17. The van der Waals surface area contributed by atoms with Gasteiger partial charge in [-0.1, -0.05) is 0 Å². The minimum Gasteiger partial charge on any atom is -0.493 e. The van der Waals surface area contributed by atoms with Gasteiger partial charge in [0.2, 0.25) is 10.0 Å². The van der Waals surface area contributed by atoms with Crippen molar-refractivity contribution in [3.8, 4) is 11.5 Å². The zero-order valence-electron chi connectivity index (χ0n) is 14.1. The van der Waals surface area contributed by atoms with Crippen molar-refractivity contribution >= 4 is 31.9 Å². The second-order valence-electron chi connectivity index (χ2n) is 5.65. The Labute approximate surface area is 151 Å². The first-order valence-corrected chi connectivity index (χ1v) is 10.8. The molecule has 0 spiro atoms. The molecule has 1 heterocycles. The molecule has 0 unspecified atom stereocenters. The first-order valence-electron chi connectivity index (χ1n) is 7.48. The smallest absolute Gasteiger partial charge is 0.328 e. The molecule has 0 saturated carbocycles. The maximum atomic E-state index is 12.8. The van der Waals surface area contributed by atoms with Gasteiger partial charge in [0.05, 0.1) is 25.7 Å². The number of methoxy groups -OCH3 is 2. The summed E-state index contributed by atoms with van der Waals surface area (Å²) in [6.07, 6.45) is 2.25. The lowest BCUT2D eigenvalue weighted by molar-refractivity contribution is -0.131. The van der Waals surface area contributed by atoms with Crippen molar-refractivity contribution in [2.45, 2.75) is 17.4 Å². The van der Waals surface area contributed by atoms with Crippen molar-refractivity contribution in [3.63, 3.8) is 0 Å². The Morgan fingerprint density at radius 2 is 2.00 bits per heavy atom. The molecule has 0 radical (unpaired) electrons. The van der Waals surface area contributed by atoms with Crippen LogP contribution in [-0.4, -0.2) is 59.7 Å². The highest BCUT2D eigenvalue weighted by Crippen LogP contribution is 2.36. The van der Waals surface area contributed by atoms with E-state index in [9.17, 15) is 21.6 Å². The van der Waals surface area contributed by atoms with E-state index in [-0.39, 0.29) is 39.9 Å². The largest absolute Gasteiger partial charge is 0.493 e. The van der Waals surface area contributed by atoms with E-state index in [1.54, 1.807) is 0 Å². The summed E-state index contributed by atoms with van der Waals surface area (Å²) in [5.41, 5.74) is 0.268. The van der Waals surface area contributed by atoms with E-state index in [1.165, 1.54) is 32.4 Å². The molecule has 0 aliphatic carbocycles. The van der Waals surface area contributed by atoms with Gasteiger partial charge in [-0.2, -0.15) is 0 Å². The summed E-state index contributed by atoms with van der Waals surface area (Å²) in [4.78, 5) is 10.4. The number of hydrogen-bond acceptors (Lipinski definition) is 7. The number of sulfone groups is 1. The van der Waals surface area contributed by atoms with Gasteiger partial charge in [-0.15, -0.1) is 0 Å². The van der Waals surface area contributed by atoms with Crippen LogP contribution in [0.25, 0.3) is 6.08 Å². The second-order valence-corrected chi connectivity index (χ2v) is 9.56. The van der Waals surface area contributed by atoms with Crippen LogP contribution in [0.2, 0.25) is 0 Å². The highest BCUT2D eigenvalue weighted by atomic mass is 32.2. The molecule has 1 aromatic rings. The Balaban J connectivity index is 2.47. The number of carboxylic acids is 1. The molecular formula is C15H19NO8S2. The van der Waals surface area contributed by atoms with Gasteiger partial charge < -0.3 is 14.6 Å². The van der Waals surface area contributed by atoms with Gasteiger partial charge in [0.25, 0.3) is 0 Å². The maximum Gasteiger partial charge on any atom is 0.328 e. The zero-order chi connectivity index (χ0) is 19.5. The number of carboxylic acid groups (broad SMARTS) is 1. The summed E-state index contributed by atoms with van der Waals surface area (Å²) in [6.45, 7) is 0. The molecule has 1 atom stereocenters. The molecule has 11 heteroatoms. The Bertz CT molecular complexity index is 935. The molecule has 1 saturated heterocycles. The van der Waals surface area contributed by atoms with Gasteiger partial charge in [0.15, 0.2) is 21.3 Å². The van der Waals surface area contributed by atoms with Crippen molar-refractivity contribution in [1.82, 2.24) is 4.72 Å². The Hall–Kier alpha value is -2.11. The molecule has 1 aromatic carbocycles. The average molecular weight is 405 g/mol. The molecule has 144 valence electrons. The summed E-state index contributed by atoms with van der Waals surface area (Å²) in [6, 6.07) is 1.92. The molecular weight excluding hydrogens is 386 g/mol. The molecule has 2 rings (SSSR count). The summed E-state index contributed by atoms with van der Waals surface area (Å²) in [7, 11) is -4.81. The molecule has 26 heavy (non-hydrogen) atoms. The van der Waals surface area contributed by atoms with E-state index in [2.05, 4.69) is 4.72 Å². The van der Waals surface area contributed by atoms with Crippen molar-refractivity contribution in [3.05, 3.63) is 23.8 Å². The highest BCUT2D eigenvalue weighted by Gasteiger charge is 2.33. The SMILES string of the molecule is COc1cc(/C=C\C(=O)O)cc(S(=O)(=O)N[C@@H]2CCS(=O)(=O)C2)c1OC. The van der Waals surface area contributed by atoms with Gasteiger partial charge >= 0.3 is 5.97 Å². The number of benzene rings is 1. The maximum absolute atomic E-state index is 12.8. The third-order valence-corrected chi connectivity index (χ3v) is 7.02. The topological polar surface area (TPSA) is 136 Å². The molecule has 9 nitrogen and oxygen atoms in total. The third kappa shape index (κ3) is 4.74. The van der Waals surface area contributed by atoms with E-state index in [4.69, 9.17) is 14.6 Å². The Kier molecular flexibility index (Phi) is 5.94. The number of sulfonamides is 1. The number of nitrogens with one attached hydrogen (secondary N) is 1. The van der Waals surface area contributed by atoms with Gasteiger partial charge in [0.1, 0.15) is 4.90 Å². The highest BCUT2D eigenvalue weighted by molar-refractivity contribution is 7.92. The minimum atomic E-state index is -4.13. The Morgan fingerprint density at radius 1 is 1.31 bits per heavy atom. The number of aliphatic carboxylic acids is 1. The molecule has 0 bridgehead atoms. The van der Waals surface area contributed by atoms with Crippen LogP contribution in [0.15, 0.2) is 23.1 Å². The third-order valence-electron chi connectivity index (χ3n) is 3.73. The summed E-state index contributed by atoms with van der Waals surface area (Å²) in [5, 5.41) is 8.74. The van der Waals surface area contributed by atoms with Crippen LogP contribution in [0.3, 0.4) is 0 Å². The second kappa shape index (κ2) is 7.64. The first kappa shape index (κ1) is 20.2. The lowest BCUT2D eigenvalue weighted by Crippen LogP contribution is -2.35. The summed E-state index contributed by atoms with van der Waals surface area (Å²) < 4.78 is 61.2. The molecule has 1 aliphatic rings. The Morgan fingerprint density at radius 3 is 2.50 bits per heavy atom. The normalized spacial score (nSPS) is 19.5. The monoisotopic (exact) mass is 405 g/mol. The van der Waals surface area contributed by atoms with Crippen LogP contribution in [-0.2, 0) is 24.7 Å². The number of rotatable bonds is 7. The van der Waals surface area contributed by atoms with E-state index < -0.39 is 31.9 Å². The van der Waals surface area contributed by atoms with Gasteiger partial charge in [-0.3, -0.25) is 0 Å². The summed E-state index contributed by atoms with van der Waals surface area (Å²) >= 11 is 0. The van der Waals surface area contributed by atoms with Gasteiger partial charge in [-0.05, 0) is 30.2 Å². The van der Waals surface area contributed by atoms with Crippen LogP contribution in [0, 0.1) is 0 Å². The molecule has 2 N–H and O–H groups in total. The fourth-order valence-corrected chi connectivity index (χ4v) is 5.85. The van der Waals surface area contributed by atoms with Gasteiger partial charge in [0, 0.05) is 12.1 Å². The predicted molar refractivity (Wildman–Crippen MR) is 93.6 cm³/mol. The molecule has 0 aromatic heterocycles. The first-order chi connectivity index (χ1) is 12.1. The average Bonchev–Trinajstić information content (AvgIpc) is 2.89. The van der Waals surface area contributed by atoms with E-state index >= 15 is 0 Å². The van der Waals surface area contributed by atoms with Crippen LogP contribution in [0.5, 0.6) is 11.5 Å². The van der Waals surface area contributed by atoms with Crippen molar-refractivity contribution < 1.29 is 36.2 Å².